The van der Waals surface area contributed by atoms with Gasteiger partial charge in [-0.3, -0.25) is 4.79 Å². The van der Waals surface area contributed by atoms with E-state index in [1.165, 1.54) is 6.07 Å². The number of hydrogen-bond acceptors (Lipinski definition) is 4. The lowest BCUT2D eigenvalue weighted by Crippen LogP contribution is -2.21. The molecule has 0 spiro atoms. The van der Waals surface area contributed by atoms with Crippen LogP contribution in [0.4, 0.5) is 0 Å². The van der Waals surface area contributed by atoms with Crippen molar-refractivity contribution in [3.8, 4) is 6.07 Å². The van der Waals surface area contributed by atoms with Crippen molar-refractivity contribution in [2.45, 2.75) is 13.3 Å². The molecule has 0 bridgehead atoms. The van der Waals surface area contributed by atoms with Crippen LogP contribution >= 0.6 is 0 Å². The molecule has 1 amide bonds. The molecule has 11 heavy (non-hydrogen) atoms. The summed E-state index contributed by atoms with van der Waals surface area (Å²) in [6, 6.07) is 1.51. The second-order valence-corrected chi connectivity index (χ2v) is 1.75. The van der Waals surface area contributed by atoms with Gasteiger partial charge in [0.05, 0.1) is 0 Å². The van der Waals surface area contributed by atoms with Crippen LogP contribution in [0, 0.1) is 11.3 Å². The topological polar surface area (TPSA) is 88.5 Å². The summed E-state index contributed by atoms with van der Waals surface area (Å²) < 4.78 is 0. The summed E-state index contributed by atoms with van der Waals surface area (Å²) in [4.78, 5) is 14.9. The molecule has 0 rings (SSSR count). The molecule has 2 N–H and O–H groups in total. The average Bonchev–Trinajstić information content (AvgIpc) is 1.97. The number of amides is 1. The smallest absolute Gasteiger partial charge is 0.281 e. The van der Waals surface area contributed by atoms with Gasteiger partial charge in [-0.15, -0.1) is 0 Å². The molecule has 0 aliphatic carbocycles. The number of primary amides is 1. The van der Waals surface area contributed by atoms with E-state index in [9.17, 15) is 4.79 Å². The van der Waals surface area contributed by atoms with Crippen LogP contribution in [-0.2, 0) is 9.63 Å². The van der Waals surface area contributed by atoms with Gasteiger partial charge in [0, 0.05) is 0 Å². The third-order valence-electron chi connectivity index (χ3n) is 0.791. The van der Waals surface area contributed by atoms with Gasteiger partial charge in [0.25, 0.3) is 5.91 Å². The third-order valence-corrected chi connectivity index (χ3v) is 0.791. The maximum absolute atomic E-state index is 10.3. The first-order valence-electron chi connectivity index (χ1n) is 3.12. The van der Waals surface area contributed by atoms with E-state index >= 15 is 0 Å². The van der Waals surface area contributed by atoms with Crippen LogP contribution in [-0.4, -0.2) is 18.2 Å². The Hall–Kier alpha value is -1.57. The molecule has 60 valence electrons. The Morgan fingerprint density at radius 3 is 2.82 bits per heavy atom. The summed E-state index contributed by atoms with van der Waals surface area (Å²) in [5.41, 5.74) is 4.35. The van der Waals surface area contributed by atoms with Crippen LogP contribution in [0.25, 0.3) is 0 Å². The molecule has 0 aromatic carbocycles. The second kappa shape index (κ2) is 5.23. The van der Waals surface area contributed by atoms with E-state index in [2.05, 4.69) is 9.99 Å². The number of carbonyl (C=O) groups excluding carboxylic acids is 1. The minimum Gasteiger partial charge on any atom is -0.395 e. The quantitative estimate of drug-likeness (QED) is 0.345. The molecule has 0 heterocycles. The largest absolute Gasteiger partial charge is 0.395 e. The standard InChI is InChI=1S/C6H9N3O2/c1-2-3-11-9-5(4-7)6(8)10/h2-3H2,1H3,(H2,8,10)/b9-5+. The lowest BCUT2D eigenvalue weighted by atomic mass is 10.4. The monoisotopic (exact) mass is 155 g/mol. The molecule has 0 unspecified atom stereocenters. The van der Waals surface area contributed by atoms with E-state index in [1.807, 2.05) is 6.92 Å². The number of hydrogen-bond donors (Lipinski definition) is 1. The molecule has 0 atom stereocenters. The molecule has 0 saturated carbocycles. The van der Waals surface area contributed by atoms with Crippen molar-refractivity contribution in [2.24, 2.45) is 10.9 Å². The summed E-state index contributed by atoms with van der Waals surface area (Å²) in [7, 11) is 0. The molecule has 0 aromatic heterocycles. The van der Waals surface area contributed by atoms with Crippen LogP contribution in [0.3, 0.4) is 0 Å². The Morgan fingerprint density at radius 2 is 2.45 bits per heavy atom. The summed E-state index contributed by atoms with van der Waals surface area (Å²) >= 11 is 0. The zero-order chi connectivity index (χ0) is 8.69. The van der Waals surface area contributed by atoms with Crippen molar-refractivity contribution in [1.29, 1.82) is 5.26 Å². The predicted molar refractivity (Wildman–Crippen MR) is 38.5 cm³/mol. The lowest BCUT2D eigenvalue weighted by molar-refractivity contribution is -0.112. The van der Waals surface area contributed by atoms with Crippen molar-refractivity contribution >= 4 is 11.6 Å². The molecular weight excluding hydrogens is 146 g/mol. The summed E-state index contributed by atoms with van der Waals surface area (Å²) in [5, 5.41) is 11.4. The first-order chi connectivity index (χ1) is 5.22. The number of carbonyl (C=O) groups is 1. The normalized spacial score (nSPS) is 10.4. The van der Waals surface area contributed by atoms with Crippen molar-refractivity contribution in [3.63, 3.8) is 0 Å². The fraction of sp³-hybridized carbons (Fsp3) is 0.500. The number of rotatable bonds is 4. The van der Waals surface area contributed by atoms with Gasteiger partial charge >= 0.3 is 0 Å². The highest BCUT2D eigenvalue weighted by Gasteiger charge is 2.04. The Morgan fingerprint density at radius 1 is 1.82 bits per heavy atom. The van der Waals surface area contributed by atoms with Gasteiger partial charge in [0.15, 0.2) is 0 Å². The minimum absolute atomic E-state index is 0.373. The Balaban J connectivity index is 3.95. The zero-order valence-corrected chi connectivity index (χ0v) is 6.20. The van der Waals surface area contributed by atoms with Crippen LogP contribution < -0.4 is 5.73 Å². The maximum Gasteiger partial charge on any atom is 0.281 e. The van der Waals surface area contributed by atoms with Crippen LogP contribution in [0.1, 0.15) is 13.3 Å². The van der Waals surface area contributed by atoms with E-state index in [0.717, 1.165) is 6.42 Å². The summed E-state index contributed by atoms with van der Waals surface area (Å²) in [6.07, 6.45) is 0.765. The first-order valence-corrected chi connectivity index (χ1v) is 3.12. The molecule has 0 aliphatic heterocycles. The van der Waals surface area contributed by atoms with Crippen molar-refractivity contribution in [1.82, 2.24) is 0 Å². The van der Waals surface area contributed by atoms with Gasteiger partial charge in [0.2, 0.25) is 5.71 Å². The average molecular weight is 155 g/mol. The van der Waals surface area contributed by atoms with E-state index in [1.54, 1.807) is 0 Å². The van der Waals surface area contributed by atoms with Gasteiger partial charge in [-0.2, -0.15) is 5.26 Å². The van der Waals surface area contributed by atoms with E-state index in [0.29, 0.717) is 6.61 Å². The Kier molecular flexibility index (Phi) is 4.49. The molecule has 5 heteroatoms. The molecule has 0 aliphatic rings. The van der Waals surface area contributed by atoms with Crippen molar-refractivity contribution in [2.75, 3.05) is 6.61 Å². The van der Waals surface area contributed by atoms with E-state index < -0.39 is 11.6 Å². The highest BCUT2D eigenvalue weighted by Crippen LogP contribution is 1.83. The summed E-state index contributed by atoms with van der Waals surface area (Å²) in [5.74, 6) is -0.872. The first kappa shape index (κ1) is 9.43. The molecule has 0 fully saturated rings. The highest BCUT2D eigenvalue weighted by atomic mass is 16.6. The van der Waals surface area contributed by atoms with E-state index in [-0.39, 0.29) is 0 Å². The molecule has 0 saturated heterocycles. The van der Waals surface area contributed by atoms with Crippen molar-refractivity contribution < 1.29 is 9.63 Å². The van der Waals surface area contributed by atoms with Crippen molar-refractivity contribution in [3.05, 3.63) is 0 Å². The number of nitrogens with two attached hydrogens (primary N) is 1. The van der Waals surface area contributed by atoms with Gasteiger partial charge in [-0.05, 0) is 6.42 Å². The highest BCUT2D eigenvalue weighted by molar-refractivity contribution is 6.44. The van der Waals surface area contributed by atoms with Crippen LogP contribution in [0.15, 0.2) is 5.16 Å². The number of nitriles is 1. The fourth-order valence-electron chi connectivity index (χ4n) is 0.322. The van der Waals surface area contributed by atoms with Gasteiger partial charge < -0.3 is 10.6 Å². The number of nitrogens with zero attached hydrogens (tertiary/aromatic N) is 2. The SMILES string of the molecule is CCCO/N=C(\C#N)C(N)=O. The second-order valence-electron chi connectivity index (χ2n) is 1.75. The van der Waals surface area contributed by atoms with E-state index in [4.69, 9.17) is 11.0 Å². The summed E-state index contributed by atoms with van der Waals surface area (Å²) in [6.45, 7) is 2.25. The van der Waals surface area contributed by atoms with Crippen LogP contribution in [0.5, 0.6) is 0 Å². The predicted octanol–water partition coefficient (Wildman–Crippen LogP) is -0.222. The Bertz CT molecular complexity index is 204. The fourth-order valence-corrected chi connectivity index (χ4v) is 0.322. The minimum atomic E-state index is -0.872. The molecule has 0 aromatic rings. The van der Waals surface area contributed by atoms with Gasteiger partial charge in [0.1, 0.15) is 12.7 Å². The zero-order valence-electron chi connectivity index (χ0n) is 6.20. The lowest BCUT2D eigenvalue weighted by Gasteiger charge is -1.93. The van der Waals surface area contributed by atoms with Crippen LogP contribution in [0.2, 0.25) is 0 Å². The molecule has 5 nitrogen and oxygen atoms in total. The van der Waals surface area contributed by atoms with Gasteiger partial charge in [-0.1, -0.05) is 12.1 Å². The number of oxime groups is 1. The molecule has 0 radical (unpaired) electrons. The van der Waals surface area contributed by atoms with Gasteiger partial charge in [-0.25, -0.2) is 0 Å². The maximum atomic E-state index is 10.3. The molecular formula is C6H9N3O2. The third kappa shape index (κ3) is 3.92. The Labute approximate surface area is 64.4 Å².